The molecule has 2 fully saturated rings. The predicted octanol–water partition coefficient (Wildman–Crippen LogP) is 2.33. The highest BCUT2D eigenvalue weighted by molar-refractivity contribution is 7.88. The van der Waals surface area contributed by atoms with E-state index < -0.39 is 10.0 Å². The summed E-state index contributed by atoms with van der Waals surface area (Å²) >= 11 is 0. The van der Waals surface area contributed by atoms with E-state index in [-0.39, 0.29) is 5.75 Å². The fraction of sp³-hybridized carbons (Fsp3) is 0.368. The van der Waals surface area contributed by atoms with Crippen LogP contribution in [-0.2, 0) is 22.3 Å². The molecule has 2 saturated heterocycles. The zero-order chi connectivity index (χ0) is 16.6. The maximum Gasteiger partial charge on any atom is 0.218 e. The van der Waals surface area contributed by atoms with E-state index in [2.05, 4.69) is 29.2 Å². The van der Waals surface area contributed by atoms with Crippen LogP contribution in [0.5, 0.6) is 0 Å². The molecule has 0 spiro atoms. The quantitative estimate of drug-likeness (QED) is 0.837. The van der Waals surface area contributed by atoms with Crippen LogP contribution in [0.3, 0.4) is 0 Å². The van der Waals surface area contributed by atoms with Gasteiger partial charge in [0.2, 0.25) is 10.0 Å². The van der Waals surface area contributed by atoms with Crippen molar-refractivity contribution in [2.24, 2.45) is 5.92 Å². The largest absolute Gasteiger partial charge is 0.294 e. The third-order valence-electron chi connectivity index (χ3n) is 5.12. The molecule has 2 aromatic rings. The van der Waals surface area contributed by atoms with Crippen molar-refractivity contribution in [1.29, 1.82) is 0 Å². The van der Waals surface area contributed by atoms with E-state index in [0.29, 0.717) is 25.0 Å². The lowest BCUT2D eigenvalue weighted by Gasteiger charge is -2.43. The minimum atomic E-state index is -3.23. The van der Waals surface area contributed by atoms with Crippen LogP contribution in [-0.4, -0.2) is 43.3 Å². The van der Waals surface area contributed by atoms with Gasteiger partial charge in [-0.15, -0.1) is 0 Å². The van der Waals surface area contributed by atoms with Crippen LogP contribution in [0.25, 0.3) is 0 Å². The van der Waals surface area contributed by atoms with E-state index in [0.717, 1.165) is 18.7 Å². The molecule has 4 rings (SSSR count). The van der Waals surface area contributed by atoms with Gasteiger partial charge in [-0.25, -0.2) is 8.42 Å². The molecular weight excluding hydrogens is 320 g/mol. The van der Waals surface area contributed by atoms with Crippen LogP contribution in [0.1, 0.15) is 11.1 Å². The smallest absolute Gasteiger partial charge is 0.218 e. The van der Waals surface area contributed by atoms with E-state index in [1.807, 2.05) is 36.4 Å². The zero-order valence-electron chi connectivity index (χ0n) is 13.6. The summed E-state index contributed by atoms with van der Waals surface area (Å²) in [7, 11) is -3.23. The Morgan fingerprint density at radius 3 is 2.12 bits per heavy atom. The molecule has 0 unspecified atom stereocenters. The first-order chi connectivity index (χ1) is 11.6. The fourth-order valence-electron chi connectivity index (χ4n) is 3.81. The van der Waals surface area contributed by atoms with Gasteiger partial charge >= 0.3 is 0 Å². The molecule has 2 aromatic carbocycles. The number of rotatable bonds is 5. The molecule has 0 aromatic heterocycles. The number of sulfonamides is 1. The van der Waals surface area contributed by atoms with Crippen molar-refractivity contribution in [3.05, 3.63) is 71.8 Å². The lowest BCUT2D eigenvalue weighted by molar-refractivity contribution is 0.0435. The van der Waals surface area contributed by atoms with Gasteiger partial charge in [-0.1, -0.05) is 60.7 Å². The zero-order valence-corrected chi connectivity index (χ0v) is 14.4. The Balaban J connectivity index is 1.40. The molecule has 2 heterocycles. The number of hydrogen-bond donors (Lipinski definition) is 0. The number of hydrogen-bond acceptors (Lipinski definition) is 3. The van der Waals surface area contributed by atoms with E-state index in [9.17, 15) is 8.42 Å². The Morgan fingerprint density at radius 1 is 0.833 bits per heavy atom. The molecule has 0 bridgehead atoms. The maximum absolute atomic E-state index is 12.7. The summed E-state index contributed by atoms with van der Waals surface area (Å²) in [5, 5.41) is 0. The average molecular weight is 342 g/mol. The topological polar surface area (TPSA) is 40.6 Å². The van der Waals surface area contributed by atoms with Gasteiger partial charge < -0.3 is 0 Å². The molecule has 0 radical (unpaired) electrons. The Morgan fingerprint density at radius 2 is 1.46 bits per heavy atom. The molecule has 126 valence electrons. The van der Waals surface area contributed by atoms with Crippen molar-refractivity contribution in [3.63, 3.8) is 0 Å². The lowest BCUT2D eigenvalue weighted by Crippen LogP contribution is -2.54. The highest BCUT2D eigenvalue weighted by Gasteiger charge is 2.48. The van der Waals surface area contributed by atoms with Gasteiger partial charge in [0, 0.05) is 38.1 Å². The Labute approximate surface area is 143 Å². The summed E-state index contributed by atoms with van der Waals surface area (Å²) < 4.78 is 27.1. The summed E-state index contributed by atoms with van der Waals surface area (Å²) in [4.78, 5) is 2.40. The number of likely N-dealkylation sites (tertiary alicyclic amines) is 1. The molecule has 0 aliphatic carbocycles. The number of benzene rings is 2. The second kappa shape index (κ2) is 6.31. The third kappa shape index (κ3) is 3.11. The summed E-state index contributed by atoms with van der Waals surface area (Å²) in [5.74, 6) is 0.589. The van der Waals surface area contributed by atoms with Gasteiger partial charge in [-0.3, -0.25) is 4.90 Å². The number of nitrogens with zero attached hydrogens (tertiary/aromatic N) is 2. The molecule has 2 aliphatic rings. The highest BCUT2D eigenvalue weighted by atomic mass is 32.2. The third-order valence-corrected chi connectivity index (χ3v) is 6.91. The molecule has 24 heavy (non-hydrogen) atoms. The van der Waals surface area contributed by atoms with E-state index in [1.54, 1.807) is 4.31 Å². The Kier molecular flexibility index (Phi) is 4.16. The van der Waals surface area contributed by atoms with Crippen molar-refractivity contribution >= 4 is 10.0 Å². The lowest BCUT2D eigenvalue weighted by atomic mass is 9.91. The molecule has 5 heteroatoms. The van der Waals surface area contributed by atoms with Crippen LogP contribution in [0, 0.1) is 5.92 Å². The van der Waals surface area contributed by atoms with Crippen molar-refractivity contribution in [2.75, 3.05) is 19.6 Å². The fourth-order valence-corrected chi connectivity index (χ4v) is 5.40. The average Bonchev–Trinajstić information content (AvgIpc) is 2.92. The highest BCUT2D eigenvalue weighted by Crippen LogP contribution is 2.35. The van der Waals surface area contributed by atoms with Gasteiger partial charge in [0.25, 0.3) is 0 Å². The molecule has 0 N–H and O–H groups in total. The first-order valence-electron chi connectivity index (χ1n) is 8.41. The first-order valence-corrected chi connectivity index (χ1v) is 10.0. The van der Waals surface area contributed by atoms with Crippen molar-refractivity contribution in [2.45, 2.75) is 18.3 Å². The van der Waals surface area contributed by atoms with Crippen LogP contribution in [0.4, 0.5) is 0 Å². The van der Waals surface area contributed by atoms with Gasteiger partial charge in [0.1, 0.15) is 0 Å². The van der Waals surface area contributed by atoms with Crippen LogP contribution >= 0.6 is 0 Å². The normalized spacial score (nSPS) is 24.5. The molecule has 2 aliphatic heterocycles. The van der Waals surface area contributed by atoms with Crippen LogP contribution in [0.15, 0.2) is 60.7 Å². The Bertz CT molecular complexity index is 793. The van der Waals surface area contributed by atoms with Gasteiger partial charge in [0.15, 0.2) is 0 Å². The van der Waals surface area contributed by atoms with Crippen LogP contribution < -0.4 is 0 Å². The maximum atomic E-state index is 12.7. The van der Waals surface area contributed by atoms with Crippen molar-refractivity contribution in [3.8, 4) is 0 Å². The van der Waals surface area contributed by atoms with Gasteiger partial charge in [-0.05, 0) is 11.1 Å². The molecule has 0 amide bonds. The van der Waals surface area contributed by atoms with E-state index in [1.165, 1.54) is 5.56 Å². The molecule has 0 saturated carbocycles. The monoisotopic (exact) mass is 342 g/mol. The second-order valence-electron chi connectivity index (χ2n) is 6.80. The SMILES string of the molecule is O=S(=O)(Cc1ccccc1)N1C[C@@H]2CN(Cc3ccccc3)[C@H]2C1. The van der Waals surface area contributed by atoms with Crippen molar-refractivity contribution in [1.82, 2.24) is 9.21 Å². The molecular formula is C19H22N2O2S. The summed E-state index contributed by atoms with van der Waals surface area (Å²) in [6.07, 6.45) is 0. The molecule has 4 nitrogen and oxygen atoms in total. The van der Waals surface area contributed by atoms with E-state index >= 15 is 0 Å². The summed E-state index contributed by atoms with van der Waals surface area (Å²) in [5.41, 5.74) is 2.15. The molecule has 2 atom stereocenters. The Hall–Kier alpha value is -1.69. The number of fused-ring (bicyclic) bond motifs is 1. The van der Waals surface area contributed by atoms with Gasteiger partial charge in [-0.2, -0.15) is 4.31 Å². The van der Waals surface area contributed by atoms with Gasteiger partial charge in [0.05, 0.1) is 5.75 Å². The minimum Gasteiger partial charge on any atom is -0.294 e. The second-order valence-corrected chi connectivity index (χ2v) is 8.77. The standard InChI is InChI=1S/C19H22N2O2S/c22-24(23,15-17-9-5-2-6-10-17)21-13-18-12-20(19(18)14-21)11-16-7-3-1-4-8-16/h1-10,18-19H,11-15H2/t18-,19-/m0/s1. The van der Waals surface area contributed by atoms with Crippen LogP contribution in [0.2, 0.25) is 0 Å². The van der Waals surface area contributed by atoms with E-state index in [4.69, 9.17) is 0 Å². The minimum absolute atomic E-state index is 0.103. The summed E-state index contributed by atoms with van der Waals surface area (Å²) in [6, 6.07) is 20.2. The van der Waals surface area contributed by atoms with Crippen molar-refractivity contribution < 1.29 is 8.42 Å². The first kappa shape index (κ1) is 15.8. The predicted molar refractivity (Wildman–Crippen MR) is 94.8 cm³/mol. The summed E-state index contributed by atoms with van der Waals surface area (Å²) in [6.45, 7) is 3.21.